The molecule has 1 aliphatic rings. The summed E-state index contributed by atoms with van der Waals surface area (Å²) in [6.07, 6.45) is 1.05. The predicted octanol–water partition coefficient (Wildman–Crippen LogP) is 5.07. The van der Waals surface area contributed by atoms with Crippen molar-refractivity contribution in [3.8, 4) is 5.75 Å². The average molecular weight is 484 g/mol. The van der Waals surface area contributed by atoms with Crippen molar-refractivity contribution in [2.75, 3.05) is 32.8 Å². The number of nitrogens with zero attached hydrogens (tertiary/aromatic N) is 3. The molecule has 35 heavy (non-hydrogen) atoms. The lowest BCUT2D eigenvalue weighted by atomic mass is 10.1. The SMILES string of the molecule is O=C(c1ccc(OCCCc2ccncc2)cc1)N1CCN(Cc2ccc(C(F)(F)F)cc2)CC1. The van der Waals surface area contributed by atoms with Gasteiger partial charge in [0.1, 0.15) is 5.75 Å². The van der Waals surface area contributed by atoms with Crippen molar-refractivity contribution in [1.29, 1.82) is 0 Å². The minimum atomic E-state index is -4.32. The Balaban J connectivity index is 1.20. The average Bonchev–Trinajstić information content (AvgIpc) is 2.87. The van der Waals surface area contributed by atoms with E-state index in [1.165, 1.54) is 17.7 Å². The van der Waals surface area contributed by atoms with Gasteiger partial charge in [0.25, 0.3) is 5.91 Å². The molecule has 0 bridgehead atoms. The molecule has 1 aliphatic heterocycles. The molecule has 0 radical (unpaired) electrons. The maximum atomic E-state index is 12.9. The van der Waals surface area contributed by atoms with Crippen LogP contribution >= 0.6 is 0 Å². The first-order valence-electron chi connectivity index (χ1n) is 11.7. The second-order valence-electron chi connectivity index (χ2n) is 8.59. The fraction of sp³-hybridized carbons (Fsp3) is 0.333. The first kappa shape index (κ1) is 24.7. The van der Waals surface area contributed by atoms with E-state index in [1.54, 1.807) is 24.5 Å². The van der Waals surface area contributed by atoms with E-state index in [4.69, 9.17) is 4.74 Å². The van der Waals surface area contributed by atoms with Gasteiger partial charge in [0.05, 0.1) is 12.2 Å². The number of pyridine rings is 1. The maximum absolute atomic E-state index is 12.9. The highest BCUT2D eigenvalue weighted by molar-refractivity contribution is 5.94. The second-order valence-corrected chi connectivity index (χ2v) is 8.59. The summed E-state index contributed by atoms with van der Waals surface area (Å²) in [5.74, 6) is 0.709. The van der Waals surface area contributed by atoms with Crippen molar-refractivity contribution in [1.82, 2.24) is 14.8 Å². The van der Waals surface area contributed by atoms with E-state index in [-0.39, 0.29) is 5.91 Å². The number of amides is 1. The highest BCUT2D eigenvalue weighted by Crippen LogP contribution is 2.29. The van der Waals surface area contributed by atoms with E-state index in [0.29, 0.717) is 44.9 Å². The first-order valence-corrected chi connectivity index (χ1v) is 11.7. The number of hydrogen-bond acceptors (Lipinski definition) is 4. The smallest absolute Gasteiger partial charge is 0.416 e. The molecule has 0 spiro atoms. The second kappa shape index (κ2) is 11.4. The third kappa shape index (κ3) is 7.05. The normalized spacial score (nSPS) is 14.7. The van der Waals surface area contributed by atoms with Gasteiger partial charge in [0, 0.05) is 50.7 Å². The van der Waals surface area contributed by atoms with Crippen molar-refractivity contribution >= 4 is 5.91 Å². The van der Waals surface area contributed by atoms with Crippen LogP contribution in [-0.2, 0) is 19.1 Å². The first-order chi connectivity index (χ1) is 16.9. The standard InChI is InChI=1S/C27H28F3N3O2/c28-27(29,30)24-7-3-22(4-8-24)20-32-15-17-33(18-16-32)26(34)23-5-9-25(10-6-23)35-19-1-2-21-11-13-31-14-12-21/h3-14H,1-2,15-20H2. The van der Waals surface area contributed by atoms with Gasteiger partial charge < -0.3 is 9.64 Å². The zero-order valence-electron chi connectivity index (χ0n) is 19.4. The number of piperazine rings is 1. The third-order valence-corrected chi connectivity index (χ3v) is 6.08. The Kier molecular flexibility index (Phi) is 8.02. The number of aromatic nitrogens is 1. The molecule has 3 aromatic rings. The Morgan fingerprint density at radius 1 is 0.857 bits per heavy atom. The van der Waals surface area contributed by atoms with Crippen LogP contribution in [0.4, 0.5) is 13.2 Å². The van der Waals surface area contributed by atoms with Crippen LogP contribution in [0.2, 0.25) is 0 Å². The van der Waals surface area contributed by atoms with Crippen LogP contribution in [0.25, 0.3) is 0 Å². The number of halogens is 3. The van der Waals surface area contributed by atoms with Gasteiger partial charge in [-0.1, -0.05) is 12.1 Å². The molecular weight excluding hydrogens is 455 g/mol. The largest absolute Gasteiger partial charge is 0.494 e. The molecule has 4 rings (SSSR count). The molecule has 1 saturated heterocycles. The highest BCUT2D eigenvalue weighted by atomic mass is 19.4. The van der Waals surface area contributed by atoms with E-state index < -0.39 is 11.7 Å². The number of aryl methyl sites for hydroxylation is 1. The summed E-state index contributed by atoms with van der Waals surface area (Å²) < 4.78 is 44.0. The number of hydrogen-bond donors (Lipinski definition) is 0. The number of alkyl halides is 3. The van der Waals surface area contributed by atoms with Crippen LogP contribution in [0.3, 0.4) is 0 Å². The molecule has 8 heteroatoms. The summed E-state index contributed by atoms with van der Waals surface area (Å²) >= 11 is 0. The summed E-state index contributed by atoms with van der Waals surface area (Å²) in [6.45, 7) is 3.65. The van der Waals surface area contributed by atoms with Crippen molar-refractivity contribution in [2.24, 2.45) is 0 Å². The molecule has 5 nitrogen and oxygen atoms in total. The molecule has 2 aromatic carbocycles. The Labute approximate surface area is 203 Å². The Bertz CT molecular complexity index is 1080. The van der Waals surface area contributed by atoms with E-state index in [9.17, 15) is 18.0 Å². The Hall–Kier alpha value is -3.39. The van der Waals surface area contributed by atoms with Gasteiger partial charge in [0.2, 0.25) is 0 Å². The van der Waals surface area contributed by atoms with Crippen LogP contribution in [0.1, 0.15) is 33.5 Å². The maximum Gasteiger partial charge on any atom is 0.416 e. The minimum absolute atomic E-state index is 0.0246. The zero-order valence-corrected chi connectivity index (χ0v) is 19.4. The monoisotopic (exact) mass is 483 g/mol. The molecule has 1 aromatic heterocycles. The minimum Gasteiger partial charge on any atom is -0.494 e. The molecule has 2 heterocycles. The van der Waals surface area contributed by atoms with Gasteiger partial charge in [-0.25, -0.2) is 0 Å². The van der Waals surface area contributed by atoms with Crippen molar-refractivity contribution in [3.05, 3.63) is 95.3 Å². The van der Waals surface area contributed by atoms with Gasteiger partial charge in [-0.2, -0.15) is 13.2 Å². The number of carbonyl (C=O) groups excluding carboxylic acids is 1. The van der Waals surface area contributed by atoms with Crippen molar-refractivity contribution in [2.45, 2.75) is 25.6 Å². The van der Waals surface area contributed by atoms with Crippen LogP contribution in [-0.4, -0.2) is 53.5 Å². The quantitative estimate of drug-likeness (QED) is 0.420. The summed E-state index contributed by atoms with van der Waals surface area (Å²) in [5.41, 5.74) is 2.03. The highest BCUT2D eigenvalue weighted by Gasteiger charge is 2.30. The molecular formula is C27H28F3N3O2. The topological polar surface area (TPSA) is 45.7 Å². The lowest BCUT2D eigenvalue weighted by Gasteiger charge is -2.34. The molecule has 0 aliphatic carbocycles. The van der Waals surface area contributed by atoms with Gasteiger partial charge in [-0.3, -0.25) is 14.7 Å². The fourth-order valence-electron chi connectivity index (χ4n) is 4.06. The molecule has 0 N–H and O–H groups in total. The van der Waals surface area contributed by atoms with Crippen LogP contribution in [0, 0.1) is 0 Å². The number of rotatable bonds is 8. The summed E-state index contributed by atoms with van der Waals surface area (Å²) in [6, 6.07) is 16.5. The number of benzene rings is 2. The number of ether oxygens (including phenoxy) is 1. The lowest BCUT2D eigenvalue weighted by Crippen LogP contribution is -2.48. The van der Waals surface area contributed by atoms with Crippen molar-refractivity contribution in [3.63, 3.8) is 0 Å². The van der Waals surface area contributed by atoms with Crippen LogP contribution in [0.5, 0.6) is 5.75 Å². The van der Waals surface area contributed by atoms with E-state index in [1.807, 2.05) is 29.2 Å². The van der Waals surface area contributed by atoms with Crippen molar-refractivity contribution < 1.29 is 22.7 Å². The van der Waals surface area contributed by atoms with E-state index in [0.717, 1.165) is 36.3 Å². The molecule has 1 fully saturated rings. The van der Waals surface area contributed by atoms with E-state index >= 15 is 0 Å². The molecule has 0 unspecified atom stereocenters. The zero-order chi connectivity index (χ0) is 24.7. The molecule has 0 saturated carbocycles. The van der Waals surface area contributed by atoms with E-state index in [2.05, 4.69) is 9.88 Å². The summed E-state index contributed by atoms with van der Waals surface area (Å²) in [4.78, 5) is 20.9. The molecule has 184 valence electrons. The molecule has 1 amide bonds. The third-order valence-electron chi connectivity index (χ3n) is 6.08. The van der Waals surface area contributed by atoms with Gasteiger partial charge in [-0.15, -0.1) is 0 Å². The van der Waals surface area contributed by atoms with Crippen LogP contribution in [0.15, 0.2) is 73.1 Å². The number of carbonyl (C=O) groups is 1. The summed E-state index contributed by atoms with van der Waals surface area (Å²) in [5, 5.41) is 0. The van der Waals surface area contributed by atoms with Crippen LogP contribution < -0.4 is 4.74 Å². The fourth-order valence-corrected chi connectivity index (χ4v) is 4.06. The molecule has 0 atom stereocenters. The van der Waals surface area contributed by atoms with Gasteiger partial charge in [-0.05, 0) is 72.5 Å². The lowest BCUT2D eigenvalue weighted by molar-refractivity contribution is -0.137. The summed E-state index contributed by atoms with van der Waals surface area (Å²) in [7, 11) is 0. The predicted molar refractivity (Wildman–Crippen MR) is 127 cm³/mol. The van der Waals surface area contributed by atoms with Gasteiger partial charge in [0.15, 0.2) is 0 Å². The van der Waals surface area contributed by atoms with Gasteiger partial charge >= 0.3 is 6.18 Å². The Morgan fingerprint density at radius 2 is 1.51 bits per heavy atom. The Morgan fingerprint density at radius 3 is 2.14 bits per heavy atom.